The molecule has 6 nitrogen and oxygen atoms in total. The van der Waals surface area contributed by atoms with Gasteiger partial charge in [-0.3, -0.25) is 9.11 Å². The van der Waals surface area contributed by atoms with E-state index in [9.17, 15) is 18.3 Å². The molecule has 1 heterocycles. The zero-order valence-corrected chi connectivity index (χ0v) is 21.6. The van der Waals surface area contributed by atoms with E-state index >= 15 is 0 Å². The molecular formula is C26H33ClFNO5S. The standard InChI is InChI=1S/C26H33ClFNO5S/c1-3-5-12-26(13-6-4-2)17-29(19-10-8-7-9-11-19)22-14-20(27)23(34-16-21(28)25(30)31)15-24(22)35(32,33)18-26/h7-11,14-16,32-33H,3-6,12-13,17-18H2,1-2H3,(H,30,31). The molecule has 3 rings (SSSR count). The van der Waals surface area contributed by atoms with E-state index in [-0.39, 0.29) is 26.8 Å². The van der Waals surface area contributed by atoms with Crippen LogP contribution in [0.2, 0.25) is 5.02 Å². The molecule has 1 aliphatic heterocycles. The molecule has 0 aliphatic carbocycles. The first-order valence-corrected chi connectivity index (χ1v) is 13.9. The van der Waals surface area contributed by atoms with Gasteiger partial charge in [-0.25, -0.2) is 4.79 Å². The molecule has 0 fully saturated rings. The van der Waals surface area contributed by atoms with Gasteiger partial charge in [0, 0.05) is 29.5 Å². The van der Waals surface area contributed by atoms with Gasteiger partial charge in [0.1, 0.15) is 12.0 Å². The molecule has 0 aromatic heterocycles. The number of benzene rings is 2. The maximum atomic E-state index is 13.5. The molecule has 0 atom stereocenters. The second-order valence-electron chi connectivity index (χ2n) is 9.08. The lowest BCUT2D eigenvalue weighted by molar-refractivity contribution is -0.134. The van der Waals surface area contributed by atoms with Crippen molar-refractivity contribution in [2.24, 2.45) is 5.41 Å². The first-order valence-electron chi connectivity index (χ1n) is 11.8. The third-order valence-corrected chi connectivity index (χ3v) is 8.68. The third-order valence-electron chi connectivity index (χ3n) is 6.34. The molecule has 35 heavy (non-hydrogen) atoms. The quantitative estimate of drug-likeness (QED) is 0.214. The second kappa shape index (κ2) is 11.6. The molecule has 0 radical (unpaired) electrons. The maximum Gasteiger partial charge on any atom is 0.368 e. The van der Waals surface area contributed by atoms with Gasteiger partial charge in [0.25, 0.3) is 0 Å². The van der Waals surface area contributed by atoms with Crippen molar-refractivity contribution in [3.63, 3.8) is 0 Å². The first-order chi connectivity index (χ1) is 16.6. The fraction of sp³-hybridized carbons (Fsp3) is 0.423. The number of anilines is 2. The molecule has 3 N–H and O–H groups in total. The number of fused-ring (bicyclic) bond motifs is 1. The van der Waals surface area contributed by atoms with Gasteiger partial charge >= 0.3 is 5.97 Å². The van der Waals surface area contributed by atoms with Crippen molar-refractivity contribution in [1.82, 2.24) is 0 Å². The fourth-order valence-electron chi connectivity index (χ4n) is 4.59. The summed E-state index contributed by atoms with van der Waals surface area (Å²) >= 11 is 6.46. The van der Waals surface area contributed by atoms with Gasteiger partial charge < -0.3 is 14.7 Å². The Morgan fingerprint density at radius 1 is 1.17 bits per heavy atom. The van der Waals surface area contributed by atoms with E-state index in [0.717, 1.165) is 44.2 Å². The number of ether oxygens (including phenoxy) is 1. The van der Waals surface area contributed by atoms with E-state index in [1.54, 1.807) is 6.07 Å². The summed E-state index contributed by atoms with van der Waals surface area (Å²) in [5.74, 6) is -3.13. The third kappa shape index (κ3) is 6.50. The first kappa shape index (κ1) is 27.3. The molecule has 0 saturated heterocycles. The normalized spacial score (nSPS) is 17.9. The molecule has 0 unspecified atom stereocenters. The molecule has 192 valence electrons. The number of para-hydroxylation sites is 1. The van der Waals surface area contributed by atoms with Crippen LogP contribution in [0.4, 0.5) is 15.8 Å². The fourth-order valence-corrected chi connectivity index (χ4v) is 6.98. The predicted octanol–water partition coefficient (Wildman–Crippen LogP) is 8.24. The average molecular weight is 526 g/mol. The van der Waals surface area contributed by atoms with Crippen molar-refractivity contribution in [1.29, 1.82) is 0 Å². The highest BCUT2D eigenvalue weighted by molar-refractivity contribution is 8.24. The molecule has 0 spiro atoms. The summed E-state index contributed by atoms with van der Waals surface area (Å²) in [5, 5.41) is 8.86. The van der Waals surface area contributed by atoms with Crippen LogP contribution in [-0.4, -0.2) is 32.5 Å². The zero-order valence-electron chi connectivity index (χ0n) is 20.0. The minimum absolute atomic E-state index is 0.0515. The highest BCUT2D eigenvalue weighted by atomic mass is 35.5. The Balaban J connectivity index is 2.18. The van der Waals surface area contributed by atoms with Crippen LogP contribution in [0.15, 0.2) is 59.4 Å². The summed E-state index contributed by atoms with van der Waals surface area (Å²) < 4.78 is 41.8. The topological polar surface area (TPSA) is 90.2 Å². The predicted molar refractivity (Wildman–Crippen MR) is 140 cm³/mol. The molecule has 0 amide bonds. The van der Waals surface area contributed by atoms with Crippen LogP contribution in [0, 0.1) is 5.41 Å². The van der Waals surface area contributed by atoms with Crippen molar-refractivity contribution >= 4 is 39.5 Å². The summed E-state index contributed by atoms with van der Waals surface area (Å²) in [4.78, 5) is 13.1. The number of rotatable bonds is 10. The zero-order chi connectivity index (χ0) is 25.6. The van der Waals surface area contributed by atoms with Crippen LogP contribution >= 0.6 is 22.2 Å². The number of hydrogen-bond acceptors (Lipinski definition) is 5. The van der Waals surface area contributed by atoms with E-state index in [1.807, 2.05) is 30.3 Å². The van der Waals surface area contributed by atoms with Crippen LogP contribution in [0.5, 0.6) is 5.75 Å². The lowest BCUT2D eigenvalue weighted by Gasteiger charge is -2.42. The second-order valence-corrected chi connectivity index (χ2v) is 11.5. The molecular weight excluding hydrogens is 493 g/mol. The van der Waals surface area contributed by atoms with Gasteiger partial charge in [-0.15, -0.1) is 0 Å². The highest BCUT2D eigenvalue weighted by Gasteiger charge is 2.42. The molecule has 1 aliphatic rings. The van der Waals surface area contributed by atoms with Crippen LogP contribution in [-0.2, 0) is 4.79 Å². The van der Waals surface area contributed by atoms with Crippen LogP contribution < -0.4 is 9.64 Å². The smallest absolute Gasteiger partial charge is 0.368 e. The summed E-state index contributed by atoms with van der Waals surface area (Å²) in [7, 11) is -3.29. The Morgan fingerprint density at radius 2 is 1.80 bits per heavy atom. The number of carbonyl (C=O) groups is 1. The summed E-state index contributed by atoms with van der Waals surface area (Å²) in [6.45, 7) is 4.84. The lowest BCUT2D eigenvalue weighted by atomic mass is 9.79. The Morgan fingerprint density at radius 3 is 2.37 bits per heavy atom. The van der Waals surface area contributed by atoms with Crippen molar-refractivity contribution in [2.75, 3.05) is 17.2 Å². The number of unbranched alkanes of at least 4 members (excludes halogenated alkanes) is 2. The lowest BCUT2D eigenvalue weighted by Crippen LogP contribution is -2.37. The number of hydrogen-bond donors (Lipinski definition) is 3. The van der Waals surface area contributed by atoms with Crippen molar-refractivity contribution < 1.29 is 28.1 Å². The van der Waals surface area contributed by atoms with E-state index in [4.69, 9.17) is 21.4 Å². The Labute approximate surface area is 212 Å². The van der Waals surface area contributed by atoms with Gasteiger partial charge in [-0.1, -0.05) is 69.3 Å². The Hall–Kier alpha value is -2.26. The Kier molecular flexibility index (Phi) is 9.10. The van der Waals surface area contributed by atoms with Gasteiger partial charge in [0.2, 0.25) is 5.83 Å². The molecule has 0 saturated carbocycles. The van der Waals surface area contributed by atoms with Crippen LogP contribution in [0.25, 0.3) is 0 Å². The minimum atomic E-state index is -3.29. The number of carboxylic acids is 1. The average Bonchev–Trinajstić information content (AvgIpc) is 2.92. The van der Waals surface area contributed by atoms with E-state index in [0.29, 0.717) is 18.5 Å². The molecule has 0 bridgehead atoms. The summed E-state index contributed by atoms with van der Waals surface area (Å²) in [6, 6.07) is 12.7. The van der Waals surface area contributed by atoms with Crippen molar-refractivity contribution in [2.45, 2.75) is 57.3 Å². The molecule has 9 heteroatoms. The van der Waals surface area contributed by atoms with Gasteiger partial charge in [-0.05, 0) is 31.0 Å². The monoisotopic (exact) mass is 525 g/mol. The van der Waals surface area contributed by atoms with Crippen LogP contribution in [0.1, 0.15) is 52.4 Å². The van der Waals surface area contributed by atoms with Crippen molar-refractivity contribution in [3.8, 4) is 5.75 Å². The largest absolute Gasteiger partial charge is 0.476 e. The highest BCUT2D eigenvalue weighted by Crippen LogP contribution is 2.62. The van der Waals surface area contributed by atoms with Gasteiger partial charge in [0.05, 0.1) is 15.6 Å². The maximum absolute atomic E-state index is 13.5. The Bertz CT molecular complexity index is 1060. The van der Waals surface area contributed by atoms with Gasteiger partial charge in [-0.2, -0.15) is 15.0 Å². The minimum Gasteiger partial charge on any atom is -0.476 e. The number of aliphatic carboxylic acids is 1. The number of carboxylic acid groups (broad SMARTS) is 1. The summed E-state index contributed by atoms with van der Waals surface area (Å²) in [6.07, 6.45) is 6.06. The molecule has 2 aromatic carbocycles. The van der Waals surface area contributed by atoms with E-state index < -0.39 is 22.4 Å². The van der Waals surface area contributed by atoms with Gasteiger partial charge in [0.15, 0.2) is 0 Å². The summed E-state index contributed by atoms with van der Waals surface area (Å²) in [5.41, 5.74) is 1.10. The number of halogens is 2. The van der Waals surface area contributed by atoms with E-state index in [2.05, 4.69) is 18.7 Å². The SMILES string of the molecule is CCCCC1(CCCC)CN(c2ccccc2)c2cc(Cl)c(OC=C(F)C(=O)O)cc2S(O)(O)C1. The van der Waals surface area contributed by atoms with Crippen molar-refractivity contribution in [3.05, 3.63) is 59.6 Å². The van der Waals surface area contributed by atoms with E-state index in [1.165, 1.54) is 6.07 Å². The number of nitrogens with zero attached hydrogens (tertiary/aromatic N) is 1. The molecule has 2 aromatic rings. The van der Waals surface area contributed by atoms with Crippen LogP contribution in [0.3, 0.4) is 0 Å².